The van der Waals surface area contributed by atoms with Crippen molar-refractivity contribution in [2.45, 2.75) is 126 Å². The number of hydrogen-bond donors (Lipinski definition) is 0. The SMILES string of the molecule is C[Si](C)C.C[Si](C)C.C[Si](C)C.Cc1cc(C)c([C](=O)[Sn-]([C](=O)c2c(C)cc(C)cc2C)[C](=O)c2c(C)cc(C)cc2C)c(C)c1.[CH3][Sn].[K+]. The molecule has 0 aliphatic heterocycles. The fraction of sp³-hybridized carbons (Fsp3) is 0.475. The van der Waals surface area contributed by atoms with Crippen molar-refractivity contribution in [3.63, 3.8) is 0 Å². The van der Waals surface area contributed by atoms with E-state index in [-0.39, 0.29) is 89.2 Å². The third kappa shape index (κ3) is 20.0. The summed E-state index contributed by atoms with van der Waals surface area (Å²) in [6.07, 6.45) is 0. The number of carbonyl (C=O) groups excluding carboxylic acids is 3. The third-order valence-electron chi connectivity index (χ3n) is 6.39. The van der Waals surface area contributed by atoms with Crippen molar-refractivity contribution >= 4 is 80.1 Å². The first kappa shape index (κ1) is 53.9. The molecule has 0 unspecified atom stereocenters. The van der Waals surface area contributed by atoms with Crippen molar-refractivity contribution in [3.05, 3.63) is 103 Å². The monoisotopic (exact) mass is 954 g/mol. The molecular formula is C40H63KO3Si3Sn2. The van der Waals surface area contributed by atoms with Crippen LogP contribution >= 0.6 is 0 Å². The predicted molar refractivity (Wildman–Crippen MR) is 222 cm³/mol. The van der Waals surface area contributed by atoms with Crippen LogP contribution in [0.15, 0.2) is 36.4 Å². The molecule has 0 saturated heterocycles. The molecule has 0 saturated carbocycles. The Morgan fingerprint density at radius 3 is 0.653 bits per heavy atom. The molecule has 0 spiro atoms. The number of aryl methyl sites for hydroxylation is 9. The van der Waals surface area contributed by atoms with E-state index in [0.29, 0.717) is 16.7 Å². The van der Waals surface area contributed by atoms with Crippen molar-refractivity contribution in [2.24, 2.45) is 0 Å². The van der Waals surface area contributed by atoms with Crippen LogP contribution in [0.3, 0.4) is 0 Å². The first-order valence-corrected chi connectivity index (χ1v) is 32.7. The fourth-order valence-electron chi connectivity index (χ4n) is 5.30. The van der Waals surface area contributed by atoms with E-state index in [1.807, 2.05) is 98.7 Å². The summed E-state index contributed by atoms with van der Waals surface area (Å²) in [5, 5.41) is 0. The Bertz CT molecular complexity index is 1260. The molecule has 0 fully saturated rings. The second-order valence-electron chi connectivity index (χ2n) is 14.2. The Kier molecular flexibility index (Phi) is 29.9. The van der Waals surface area contributed by atoms with E-state index in [1.165, 1.54) is 0 Å². The minimum atomic E-state index is -4.12. The van der Waals surface area contributed by atoms with Crippen LogP contribution in [0, 0.1) is 62.3 Å². The van der Waals surface area contributed by atoms with E-state index in [4.69, 9.17) is 0 Å². The fourth-order valence-corrected chi connectivity index (χ4v) is 12.6. The summed E-state index contributed by atoms with van der Waals surface area (Å²) < 4.78 is -0.691. The summed E-state index contributed by atoms with van der Waals surface area (Å²) >= 11 is -2.57. The van der Waals surface area contributed by atoms with Gasteiger partial charge in [-0.25, -0.2) is 0 Å². The maximum atomic E-state index is 14.2. The molecule has 9 heteroatoms. The van der Waals surface area contributed by atoms with Gasteiger partial charge < -0.3 is 0 Å². The third-order valence-corrected chi connectivity index (χ3v) is 12.4. The zero-order valence-electron chi connectivity index (χ0n) is 34.7. The van der Waals surface area contributed by atoms with Gasteiger partial charge in [-0.05, 0) is 0 Å². The standard InChI is InChI=1S/3C10H11O.3C3H9Si.CH3.K.2Sn/c3*1-7-4-8(2)10(6-11)9(3)5-7;3*1-4(2)3;;;;/h3*4-5H,1-3H3;3*1-3H3;1H3;;;/q;;;;;;;+1;;-1. The van der Waals surface area contributed by atoms with Crippen molar-refractivity contribution < 1.29 is 65.8 Å². The van der Waals surface area contributed by atoms with Gasteiger partial charge in [0.25, 0.3) is 0 Å². The molecule has 3 aromatic carbocycles. The molecule has 0 bridgehead atoms. The average molecular weight is 953 g/mol. The van der Waals surface area contributed by atoms with Crippen LogP contribution < -0.4 is 51.4 Å². The van der Waals surface area contributed by atoms with Gasteiger partial charge in [0.1, 0.15) is 0 Å². The number of rotatable bonds is 6. The molecular weight excluding hydrogens is 889 g/mol. The van der Waals surface area contributed by atoms with Gasteiger partial charge in [0.2, 0.25) is 0 Å². The second-order valence-corrected chi connectivity index (χ2v) is 29.2. The van der Waals surface area contributed by atoms with Gasteiger partial charge in [0, 0.05) is 26.4 Å². The average Bonchev–Trinajstić information content (AvgIpc) is 2.87. The van der Waals surface area contributed by atoms with E-state index >= 15 is 0 Å². The van der Waals surface area contributed by atoms with Crippen LogP contribution in [0.4, 0.5) is 0 Å². The van der Waals surface area contributed by atoms with Gasteiger partial charge in [0.15, 0.2) is 0 Å². The van der Waals surface area contributed by atoms with E-state index < -0.39 is 19.8 Å². The molecule has 0 atom stereocenters. The number of benzene rings is 3. The zero-order valence-corrected chi connectivity index (χ0v) is 46.5. The second kappa shape index (κ2) is 27.2. The van der Waals surface area contributed by atoms with Crippen LogP contribution in [-0.2, 0) is 0 Å². The van der Waals surface area contributed by atoms with E-state index in [1.54, 1.807) is 22.5 Å². The van der Waals surface area contributed by atoms with E-state index in [2.05, 4.69) is 63.9 Å². The maximum Gasteiger partial charge on any atom is 1.00 e. The van der Waals surface area contributed by atoms with E-state index in [0.717, 1.165) is 50.1 Å². The van der Waals surface area contributed by atoms with Crippen molar-refractivity contribution in [1.82, 2.24) is 0 Å². The normalized spacial score (nSPS) is 9.86. The summed E-state index contributed by atoms with van der Waals surface area (Å²) in [4.78, 5) is 44.5. The van der Waals surface area contributed by atoms with Gasteiger partial charge in [-0.1, -0.05) is 58.9 Å². The molecule has 6 radical (unpaired) electrons. The van der Waals surface area contributed by atoms with Gasteiger partial charge in [-0.3, -0.25) is 0 Å². The smallest absolute Gasteiger partial charge is 1.00 e. The minimum absolute atomic E-state index is 0. The predicted octanol–water partition coefficient (Wildman–Crippen LogP) is 7.84. The summed E-state index contributed by atoms with van der Waals surface area (Å²) in [5.74, 6) is 0. The van der Waals surface area contributed by atoms with Crippen molar-refractivity contribution in [2.75, 3.05) is 0 Å². The molecule has 0 aliphatic rings. The Hall–Kier alpha value is 0.554. The minimum Gasteiger partial charge on any atom is 1.00 e. The summed E-state index contributed by atoms with van der Waals surface area (Å²) in [6.45, 7) is 37.8. The van der Waals surface area contributed by atoms with Crippen LogP contribution in [0.25, 0.3) is 0 Å². The summed E-state index contributed by atoms with van der Waals surface area (Å²) in [5.41, 5.74) is 9.80. The molecule has 262 valence electrons. The molecule has 3 aromatic rings. The van der Waals surface area contributed by atoms with Crippen LogP contribution in [-0.4, -0.2) is 80.1 Å². The van der Waals surface area contributed by atoms with Gasteiger partial charge in [-0.2, -0.15) is 0 Å². The molecule has 49 heavy (non-hydrogen) atoms. The Morgan fingerprint density at radius 1 is 0.408 bits per heavy atom. The first-order valence-electron chi connectivity index (χ1n) is 16.6. The zero-order chi connectivity index (χ0) is 38.2. The first-order chi connectivity index (χ1) is 22.0. The molecule has 0 N–H and O–H groups in total. The molecule has 3 rings (SSSR count). The maximum absolute atomic E-state index is 14.2. The Labute approximate surface area is 370 Å². The molecule has 3 nitrogen and oxygen atoms in total. The van der Waals surface area contributed by atoms with Crippen molar-refractivity contribution in [1.29, 1.82) is 0 Å². The molecule has 0 aliphatic carbocycles. The van der Waals surface area contributed by atoms with Crippen molar-refractivity contribution in [3.8, 4) is 0 Å². The molecule has 0 amide bonds. The molecule has 0 aromatic heterocycles. The molecule has 0 heterocycles. The number of carbonyl (C=O) groups is 3. The largest absolute Gasteiger partial charge is 1.00 e. The Morgan fingerprint density at radius 2 is 0.531 bits per heavy atom. The van der Waals surface area contributed by atoms with Crippen LogP contribution in [0.1, 0.15) is 81.1 Å². The topological polar surface area (TPSA) is 51.2 Å². The Balaban J connectivity index is -0.00000121. The van der Waals surface area contributed by atoms with Crippen LogP contribution in [0.2, 0.25) is 63.9 Å². The summed E-state index contributed by atoms with van der Waals surface area (Å²) in [6, 6.07) is 11.8. The number of hydrogen-bond acceptors (Lipinski definition) is 3. The van der Waals surface area contributed by atoms with Gasteiger partial charge >= 0.3 is 290 Å². The quantitative estimate of drug-likeness (QED) is 0.237. The van der Waals surface area contributed by atoms with E-state index in [9.17, 15) is 14.4 Å². The summed E-state index contributed by atoms with van der Waals surface area (Å²) in [7, 11) is 0.361. The van der Waals surface area contributed by atoms with Gasteiger partial charge in [-0.15, -0.1) is 0 Å². The van der Waals surface area contributed by atoms with Crippen LogP contribution in [0.5, 0.6) is 0 Å². The van der Waals surface area contributed by atoms with Gasteiger partial charge in [0.05, 0.1) is 0 Å².